The Bertz CT molecular complexity index is 438. The number of rotatable bonds is 6. The monoisotopic (exact) mass is 261 g/mol. The van der Waals surface area contributed by atoms with Gasteiger partial charge in [-0.15, -0.1) is 0 Å². The second-order valence-electron chi connectivity index (χ2n) is 3.58. The molecule has 0 aromatic heterocycles. The van der Waals surface area contributed by atoms with E-state index in [0.717, 1.165) is 12.1 Å². The Labute approximate surface area is 101 Å². The van der Waals surface area contributed by atoms with Gasteiger partial charge in [0.15, 0.2) is 0 Å². The van der Waals surface area contributed by atoms with Gasteiger partial charge in [0, 0.05) is 13.1 Å². The van der Waals surface area contributed by atoms with Crippen molar-refractivity contribution in [3.05, 3.63) is 30.1 Å². The van der Waals surface area contributed by atoms with Crippen LogP contribution in [0.1, 0.15) is 13.3 Å². The van der Waals surface area contributed by atoms with Crippen molar-refractivity contribution in [1.82, 2.24) is 4.31 Å². The first-order valence-corrected chi connectivity index (χ1v) is 6.83. The summed E-state index contributed by atoms with van der Waals surface area (Å²) >= 11 is 0. The van der Waals surface area contributed by atoms with Crippen LogP contribution in [0.5, 0.6) is 0 Å². The fourth-order valence-corrected chi connectivity index (χ4v) is 2.99. The smallest absolute Gasteiger partial charge is 0.243 e. The summed E-state index contributed by atoms with van der Waals surface area (Å²) in [7, 11) is -3.64. The first kappa shape index (κ1) is 14.1. The highest BCUT2D eigenvalue weighted by Crippen LogP contribution is 2.16. The molecule has 0 bridgehead atoms. The van der Waals surface area contributed by atoms with Gasteiger partial charge in [-0.3, -0.25) is 0 Å². The highest BCUT2D eigenvalue weighted by atomic mass is 32.2. The van der Waals surface area contributed by atoms with Crippen LogP contribution in [0.15, 0.2) is 29.2 Å². The van der Waals surface area contributed by atoms with E-state index in [0.29, 0.717) is 13.0 Å². The molecule has 0 atom stereocenters. The molecular formula is C11H16FNO3S. The second kappa shape index (κ2) is 6.09. The Hall–Kier alpha value is -0.980. The van der Waals surface area contributed by atoms with Crippen molar-refractivity contribution in [3.63, 3.8) is 0 Å². The molecule has 1 rings (SSSR count). The van der Waals surface area contributed by atoms with E-state index in [1.165, 1.54) is 16.4 Å². The molecule has 0 aliphatic heterocycles. The number of sulfonamides is 1. The predicted octanol–water partition coefficient (Wildman–Crippen LogP) is 1.22. The third kappa shape index (κ3) is 3.49. The summed E-state index contributed by atoms with van der Waals surface area (Å²) in [5.41, 5.74) is 0. The summed E-state index contributed by atoms with van der Waals surface area (Å²) in [5.74, 6) is -0.479. The van der Waals surface area contributed by atoms with Crippen LogP contribution in [0.3, 0.4) is 0 Å². The van der Waals surface area contributed by atoms with Crippen LogP contribution in [0.25, 0.3) is 0 Å². The molecule has 0 heterocycles. The molecule has 96 valence electrons. The number of hydrogen-bond acceptors (Lipinski definition) is 3. The molecule has 1 aromatic carbocycles. The summed E-state index contributed by atoms with van der Waals surface area (Å²) < 4.78 is 38.2. The van der Waals surface area contributed by atoms with Gasteiger partial charge >= 0.3 is 0 Å². The van der Waals surface area contributed by atoms with Crippen molar-refractivity contribution in [3.8, 4) is 0 Å². The molecule has 0 aliphatic rings. The van der Waals surface area contributed by atoms with Crippen molar-refractivity contribution in [1.29, 1.82) is 0 Å². The molecule has 4 nitrogen and oxygen atoms in total. The molecule has 1 N–H and O–H groups in total. The standard InChI is InChI=1S/C11H16FNO3S/c1-2-7-13(8-9-14)17(15,16)11-5-3-10(12)4-6-11/h3-6,14H,2,7-9H2,1H3. The number of nitrogens with zero attached hydrogens (tertiary/aromatic N) is 1. The van der Waals surface area contributed by atoms with E-state index < -0.39 is 15.8 Å². The zero-order chi connectivity index (χ0) is 12.9. The van der Waals surface area contributed by atoms with E-state index in [1.54, 1.807) is 0 Å². The van der Waals surface area contributed by atoms with Crippen molar-refractivity contribution in [2.45, 2.75) is 18.2 Å². The Kier molecular flexibility index (Phi) is 5.04. The van der Waals surface area contributed by atoms with Crippen LogP contribution in [0.4, 0.5) is 4.39 Å². The first-order valence-electron chi connectivity index (χ1n) is 5.39. The van der Waals surface area contributed by atoms with Crippen molar-refractivity contribution >= 4 is 10.0 Å². The minimum atomic E-state index is -3.64. The zero-order valence-corrected chi connectivity index (χ0v) is 10.5. The van der Waals surface area contributed by atoms with Gasteiger partial charge in [-0.2, -0.15) is 4.31 Å². The topological polar surface area (TPSA) is 57.6 Å². The number of benzene rings is 1. The van der Waals surface area contributed by atoms with Gasteiger partial charge < -0.3 is 5.11 Å². The third-order valence-electron chi connectivity index (χ3n) is 2.27. The number of aliphatic hydroxyl groups is 1. The average molecular weight is 261 g/mol. The molecule has 0 amide bonds. The highest BCUT2D eigenvalue weighted by Gasteiger charge is 2.22. The SMILES string of the molecule is CCCN(CCO)S(=O)(=O)c1ccc(F)cc1. The number of aliphatic hydroxyl groups excluding tert-OH is 1. The van der Waals surface area contributed by atoms with Gasteiger partial charge in [-0.05, 0) is 30.7 Å². The van der Waals surface area contributed by atoms with E-state index in [1.807, 2.05) is 6.92 Å². The number of hydrogen-bond donors (Lipinski definition) is 1. The first-order chi connectivity index (χ1) is 8.02. The van der Waals surface area contributed by atoms with Crippen molar-refractivity contribution < 1.29 is 17.9 Å². The van der Waals surface area contributed by atoms with E-state index in [-0.39, 0.29) is 18.0 Å². The van der Waals surface area contributed by atoms with E-state index >= 15 is 0 Å². The Morgan fingerprint density at radius 3 is 2.29 bits per heavy atom. The lowest BCUT2D eigenvalue weighted by Gasteiger charge is -2.20. The Morgan fingerprint density at radius 2 is 1.82 bits per heavy atom. The summed E-state index contributed by atoms with van der Waals surface area (Å²) in [4.78, 5) is 0.0424. The minimum Gasteiger partial charge on any atom is -0.395 e. The number of halogens is 1. The Balaban J connectivity index is 3.02. The van der Waals surface area contributed by atoms with Crippen molar-refractivity contribution in [2.75, 3.05) is 19.7 Å². The molecule has 0 fully saturated rings. The van der Waals surface area contributed by atoms with Crippen LogP contribution in [-0.4, -0.2) is 37.5 Å². The maximum Gasteiger partial charge on any atom is 0.243 e. The lowest BCUT2D eigenvalue weighted by atomic mass is 10.4. The van der Waals surface area contributed by atoms with Gasteiger partial charge in [0.1, 0.15) is 5.82 Å². The van der Waals surface area contributed by atoms with Gasteiger partial charge in [0.05, 0.1) is 11.5 Å². The molecule has 17 heavy (non-hydrogen) atoms. The van der Waals surface area contributed by atoms with Crippen LogP contribution in [-0.2, 0) is 10.0 Å². The fraction of sp³-hybridized carbons (Fsp3) is 0.455. The van der Waals surface area contributed by atoms with Gasteiger partial charge in [0.25, 0.3) is 0 Å². The maximum atomic E-state index is 12.7. The summed E-state index contributed by atoms with van der Waals surface area (Å²) in [5, 5.41) is 8.85. The van der Waals surface area contributed by atoms with Gasteiger partial charge in [-0.1, -0.05) is 6.92 Å². The van der Waals surface area contributed by atoms with E-state index in [4.69, 9.17) is 5.11 Å². The fourth-order valence-electron chi connectivity index (χ4n) is 1.47. The molecule has 0 radical (unpaired) electrons. The van der Waals surface area contributed by atoms with Crippen LogP contribution < -0.4 is 0 Å². The highest BCUT2D eigenvalue weighted by molar-refractivity contribution is 7.89. The molecule has 6 heteroatoms. The largest absolute Gasteiger partial charge is 0.395 e. The summed E-state index contributed by atoms with van der Waals surface area (Å²) in [6.45, 7) is 2.00. The predicted molar refractivity (Wildman–Crippen MR) is 62.5 cm³/mol. The summed E-state index contributed by atoms with van der Waals surface area (Å²) in [6.07, 6.45) is 0.653. The average Bonchev–Trinajstić information content (AvgIpc) is 2.29. The molecule has 0 saturated carbocycles. The minimum absolute atomic E-state index is 0.0424. The third-order valence-corrected chi connectivity index (χ3v) is 4.19. The van der Waals surface area contributed by atoms with Crippen LogP contribution in [0.2, 0.25) is 0 Å². The van der Waals surface area contributed by atoms with Gasteiger partial charge in [0.2, 0.25) is 10.0 Å². The molecular weight excluding hydrogens is 245 g/mol. The van der Waals surface area contributed by atoms with Crippen LogP contribution in [0, 0.1) is 5.82 Å². The Morgan fingerprint density at radius 1 is 1.24 bits per heavy atom. The molecule has 0 aliphatic carbocycles. The second-order valence-corrected chi connectivity index (χ2v) is 5.52. The normalized spacial score (nSPS) is 12.0. The van der Waals surface area contributed by atoms with E-state index in [2.05, 4.69) is 0 Å². The quantitative estimate of drug-likeness (QED) is 0.837. The van der Waals surface area contributed by atoms with Crippen LogP contribution >= 0.6 is 0 Å². The summed E-state index contributed by atoms with van der Waals surface area (Å²) in [6, 6.07) is 4.67. The lowest BCUT2D eigenvalue weighted by Crippen LogP contribution is -2.34. The lowest BCUT2D eigenvalue weighted by molar-refractivity contribution is 0.253. The molecule has 1 aromatic rings. The molecule has 0 saturated heterocycles. The van der Waals surface area contributed by atoms with Crippen molar-refractivity contribution in [2.24, 2.45) is 0 Å². The van der Waals surface area contributed by atoms with E-state index in [9.17, 15) is 12.8 Å². The molecule has 0 spiro atoms. The maximum absolute atomic E-state index is 12.7. The zero-order valence-electron chi connectivity index (χ0n) is 9.63. The molecule has 0 unspecified atom stereocenters. The van der Waals surface area contributed by atoms with Gasteiger partial charge in [-0.25, -0.2) is 12.8 Å².